The van der Waals surface area contributed by atoms with E-state index >= 15 is 0 Å². The van der Waals surface area contributed by atoms with Crippen LogP contribution < -0.4 is 0 Å². The molecule has 2 rings (SSSR count). The van der Waals surface area contributed by atoms with Crippen LogP contribution in [0.25, 0.3) is 0 Å². The van der Waals surface area contributed by atoms with Crippen molar-refractivity contribution in [1.82, 2.24) is 4.90 Å². The Bertz CT molecular complexity index is 525. The average molecular weight is 300 g/mol. The summed E-state index contributed by atoms with van der Waals surface area (Å²) in [6.07, 6.45) is 1.84. The van der Waals surface area contributed by atoms with Crippen molar-refractivity contribution in [2.45, 2.75) is 13.0 Å². The van der Waals surface area contributed by atoms with Crippen molar-refractivity contribution in [1.29, 1.82) is 5.26 Å². The van der Waals surface area contributed by atoms with Gasteiger partial charge in [-0.3, -0.25) is 0 Å². The van der Waals surface area contributed by atoms with Crippen LogP contribution in [-0.2, 0) is 0 Å². The van der Waals surface area contributed by atoms with Gasteiger partial charge in [0.25, 0.3) is 0 Å². The second-order valence-electron chi connectivity index (χ2n) is 3.89. The summed E-state index contributed by atoms with van der Waals surface area (Å²) in [6, 6.07) is 5.73. The summed E-state index contributed by atoms with van der Waals surface area (Å²) in [5, 5.41) is 10.5. The first-order chi connectivity index (χ1) is 8.63. The third-order valence-electron chi connectivity index (χ3n) is 2.85. The number of nitrogens with zero attached hydrogens (tertiary/aromatic N) is 3. The fraction of sp³-hybridized carbons (Fsp3) is 0.333. The smallest absolute Gasteiger partial charge is 0.208 e. The highest BCUT2D eigenvalue weighted by atomic mass is 35.5. The Labute approximate surface area is 120 Å². The number of hydrogen-bond acceptors (Lipinski definition) is 3. The zero-order valence-electron chi connectivity index (χ0n) is 9.73. The molecule has 1 unspecified atom stereocenters. The highest BCUT2D eigenvalue weighted by molar-refractivity contribution is 8.14. The Hall–Kier alpha value is -0.890. The van der Waals surface area contributed by atoms with Crippen molar-refractivity contribution in [3.63, 3.8) is 0 Å². The molecule has 1 aliphatic heterocycles. The normalized spacial score (nSPS) is 19.0. The van der Waals surface area contributed by atoms with E-state index in [1.807, 2.05) is 18.3 Å². The predicted octanol–water partition coefficient (Wildman–Crippen LogP) is 3.94. The van der Waals surface area contributed by atoms with Gasteiger partial charge in [-0.25, -0.2) is 0 Å². The van der Waals surface area contributed by atoms with Gasteiger partial charge in [0.05, 0.1) is 16.1 Å². The van der Waals surface area contributed by atoms with E-state index in [4.69, 9.17) is 28.5 Å². The molecule has 18 heavy (non-hydrogen) atoms. The Kier molecular flexibility index (Phi) is 4.39. The van der Waals surface area contributed by atoms with Crippen LogP contribution >= 0.6 is 35.0 Å². The second-order valence-corrected chi connectivity index (χ2v) is 5.76. The minimum Gasteiger partial charge on any atom is -0.343 e. The SMILES string of the molecule is CC(c1ccc(Cl)c(Cl)c1)N1CCSC1=NC#N. The Morgan fingerprint density at radius 3 is 2.89 bits per heavy atom. The van der Waals surface area contributed by atoms with E-state index in [1.165, 1.54) is 0 Å². The quantitative estimate of drug-likeness (QED) is 0.777. The van der Waals surface area contributed by atoms with Gasteiger partial charge in [-0.1, -0.05) is 41.0 Å². The van der Waals surface area contributed by atoms with Crippen molar-refractivity contribution in [3.05, 3.63) is 33.8 Å². The number of benzene rings is 1. The predicted molar refractivity (Wildman–Crippen MR) is 77.1 cm³/mol. The molecule has 1 aromatic rings. The molecule has 0 saturated carbocycles. The number of nitriles is 1. The van der Waals surface area contributed by atoms with E-state index in [2.05, 4.69) is 16.8 Å². The topological polar surface area (TPSA) is 39.4 Å². The lowest BCUT2D eigenvalue weighted by molar-refractivity contribution is 0.370. The molecule has 1 aromatic carbocycles. The third kappa shape index (κ3) is 2.74. The molecule has 0 aliphatic carbocycles. The van der Waals surface area contributed by atoms with Crippen LogP contribution in [0, 0.1) is 11.5 Å². The lowest BCUT2D eigenvalue weighted by Crippen LogP contribution is -2.27. The summed E-state index contributed by atoms with van der Waals surface area (Å²) in [4.78, 5) is 5.95. The van der Waals surface area contributed by atoms with Crippen LogP contribution in [-0.4, -0.2) is 22.4 Å². The van der Waals surface area contributed by atoms with Crippen molar-refractivity contribution in [3.8, 4) is 6.19 Å². The van der Waals surface area contributed by atoms with Gasteiger partial charge in [0, 0.05) is 12.3 Å². The van der Waals surface area contributed by atoms with Gasteiger partial charge >= 0.3 is 0 Å². The van der Waals surface area contributed by atoms with Gasteiger partial charge < -0.3 is 4.90 Å². The van der Waals surface area contributed by atoms with E-state index in [-0.39, 0.29) is 6.04 Å². The zero-order valence-corrected chi connectivity index (χ0v) is 12.1. The maximum Gasteiger partial charge on any atom is 0.208 e. The molecule has 1 saturated heterocycles. The molecular formula is C12H11Cl2N3S. The molecule has 0 amide bonds. The molecule has 6 heteroatoms. The van der Waals surface area contributed by atoms with Gasteiger partial charge in [0.1, 0.15) is 0 Å². The minimum atomic E-state index is 0.127. The first-order valence-electron chi connectivity index (χ1n) is 5.44. The maximum atomic E-state index is 8.66. The zero-order chi connectivity index (χ0) is 13.1. The summed E-state index contributed by atoms with van der Waals surface area (Å²) in [5.41, 5.74) is 1.07. The molecule has 0 spiro atoms. The van der Waals surface area contributed by atoms with Gasteiger partial charge in [-0.2, -0.15) is 5.26 Å². The largest absolute Gasteiger partial charge is 0.343 e. The number of thioether (sulfide) groups is 1. The molecule has 1 heterocycles. The van der Waals surface area contributed by atoms with Crippen LogP contribution in [0.2, 0.25) is 10.0 Å². The van der Waals surface area contributed by atoms with Crippen LogP contribution in [0.3, 0.4) is 0 Å². The van der Waals surface area contributed by atoms with E-state index < -0.39 is 0 Å². The van der Waals surface area contributed by atoms with Gasteiger partial charge in [0.15, 0.2) is 5.17 Å². The minimum absolute atomic E-state index is 0.127. The van der Waals surface area contributed by atoms with Crippen LogP contribution in [0.5, 0.6) is 0 Å². The monoisotopic (exact) mass is 299 g/mol. The van der Waals surface area contributed by atoms with Crippen molar-refractivity contribution in [2.75, 3.05) is 12.3 Å². The summed E-state index contributed by atoms with van der Waals surface area (Å²) in [6.45, 7) is 2.95. The number of hydrogen-bond donors (Lipinski definition) is 0. The fourth-order valence-corrected chi connectivity index (χ4v) is 3.16. The molecule has 0 bridgehead atoms. The summed E-state index contributed by atoms with van der Waals surface area (Å²) in [7, 11) is 0. The van der Waals surface area contributed by atoms with Gasteiger partial charge in [-0.15, -0.1) is 4.99 Å². The number of aliphatic imine (C=N–C) groups is 1. The fourth-order valence-electron chi connectivity index (χ4n) is 1.86. The van der Waals surface area contributed by atoms with Gasteiger partial charge in [-0.05, 0) is 24.6 Å². The highest BCUT2D eigenvalue weighted by Crippen LogP contribution is 2.32. The average Bonchev–Trinajstić information content (AvgIpc) is 2.80. The van der Waals surface area contributed by atoms with Gasteiger partial charge in [0.2, 0.25) is 6.19 Å². The van der Waals surface area contributed by atoms with E-state index in [0.717, 1.165) is 23.0 Å². The first kappa shape index (κ1) is 13.5. The summed E-state index contributed by atoms with van der Waals surface area (Å²) in [5.74, 6) is 0.951. The molecule has 0 radical (unpaired) electrons. The highest BCUT2D eigenvalue weighted by Gasteiger charge is 2.25. The Morgan fingerprint density at radius 2 is 2.22 bits per heavy atom. The third-order valence-corrected chi connectivity index (χ3v) is 4.56. The molecule has 1 fully saturated rings. The summed E-state index contributed by atoms with van der Waals surface area (Å²) >= 11 is 13.5. The second kappa shape index (κ2) is 5.83. The van der Waals surface area contributed by atoms with Crippen LogP contribution in [0.4, 0.5) is 0 Å². The van der Waals surface area contributed by atoms with Crippen molar-refractivity contribution >= 4 is 40.1 Å². The first-order valence-corrected chi connectivity index (χ1v) is 7.19. The lowest BCUT2D eigenvalue weighted by Gasteiger charge is -2.25. The lowest BCUT2D eigenvalue weighted by atomic mass is 10.1. The molecule has 0 aromatic heterocycles. The Morgan fingerprint density at radius 1 is 1.44 bits per heavy atom. The molecular weight excluding hydrogens is 289 g/mol. The molecule has 0 N–H and O–H groups in total. The molecule has 3 nitrogen and oxygen atoms in total. The van der Waals surface area contributed by atoms with Crippen molar-refractivity contribution in [2.24, 2.45) is 4.99 Å². The van der Waals surface area contributed by atoms with E-state index in [1.54, 1.807) is 17.8 Å². The molecule has 94 valence electrons. The standard InChI is InChI=1S/C12H11Cl2N3S/c1-8(9-2-3-10(13)11(14)6-9)17-4-5-18-12(17)16-7-15/h2-3,6,8H,4-5H2,1H3. The maximum absolute atomic E-state index is 8.66. The number of halogens is 2. The summed E-state index contributed by atoms with van der Waals surface area (Å²) < 4.78 is 0. The molecule has 1 aliphatic rings. The number of rotatable bonds is 2. The Balaban J connectivity index is 2.25. The van der Waals surface area contributed by atoms with E-state index in [0.29, 0.717) is 10.0 Å². The van der Waals surface area contributed by atoms with Crippen LogP contribution in [0.15, 0.2) is 23.2 Å². The van der Waals surface area contributed by atoms with E-state index in [9.17, 15) is 0 Å². The van der Waals surface area contributed by atoms with Crippen molar-refractivity contribution < 1.29 is 0 Å². The van der Waals surface area contributed by atoms with Crippen LogP contribution in [0.1, 0.15) is 18.5 Å². The molecule has 1 atom stereocenters. The number of amidine groups is 1.